The molecule has 2 aromatic carbocycles. The number of ketones is 1. The molecule has 156 valence electrons. The van der Waals surface area contributed by atoms with Crippen molar-refractivity contribution in [1.82, 2.24) is 4.90 Å². The lowest BCUT2D eigenvalue weighted by Crippen LogP contribution is -2.40. The first-order valence-electron chi connectivity index (χ1n) is 9.27. The molecule has 30 heavy (non-hydrogen) atoms. The lowest BCUT2D eigenvalue weighted by molar-refractivity contribution is -0.129. The van der Waals surface area contributed by atoms with Crippen LogP contribution in [0.2, 0.25) is 0 Å². The second-order valence-corrected chi connectivity index (χ2v) is 6.91. The fourth-order valence-corrected chi connectivity index (χ4v) is 3.23. The average Bonchev–Trinajstić information content (AvgIpc) is 2.73. The van der Waals surface area contributed by atoms with Crippen molar-refractivity contribution in [1.29, 1.82) is 0 Å². The maximum absolute atomic E-state index is 13.1. The highest BCUT2D eigenvalue weighted by Crippen LogP contribution is 2.30. The van der Waals surface area contributed by atoms with Crippen LogP contribution in [0.1, 0.15) is 18.1 Å². The Morgan fingerprint density at radius 1 is 0.900 bits per heavy atom. The highest BCUT2D eigenvalue weighted by Gasteiger charge is 2.27. The fourth-order valence-electron chi connectivity index (χ4n) is 3.23. The average molecular weight is 409 g/mol. The molecule has 1 amide bonds. The molecule has 1 fully saturated rings. The molecule has 2 N–H and O–H groups in total. The van der Waals surface area contributed by atoms with Crippen molar-refractivity contribution in [2.45, 2.75) is 6.92 Å². The first-order valence-corrected chi connectivity index (χ1v) is 9.27. The second kappa shape index (κ2) is 8.73. The lowest BCUT2D eigenvalue weighted by Gasteiger charge is -2.29. The van der Waals surface area contributed by atoms with Crippen LogP contribution in [0.4, 0.5) is 0 Å². The van der Waals surface area contributed by atoms with E-state index in [1.54, 1.807) is 41.3 Å². The highest BCUT2D eigenvalue weighted by molar-refractivity contribution is 6.15. The van der Waals surface area contributed by atoms with Crippen LogP contribution in [0.3, 0.4) is 0 Å². The Morgan fingerprint density at radius 2 is 1.33 bits per heavy atom. The van der Waals surface area contributed by atoms with Gasteiger partial charge in [-0.1, -0.05) is 12.1 Å². The zero-order chi connectivity index (χ0) is 21.8. The molecule has 0 radical (unpaired) electrons. The van der Waals surface area contributed by atoms with Gasteiger partial charge in [-0.05, 0) is 47.5 Å². The summed E-state index contributed by atoms with van der Waals surface area (Å²) in [6.07, 6.45) is 3.37. The molecule has 3 rings (SSSR count). The molecule has 1 heterocycles. The summed E-state index contributed by atoms with van der Waals surface area (Å²) in [5.41, 5.74) is 2.23. The van der Waals surface area contributed by atoms with Gasteiger partial charge in [0.2, 0.25) is 5.91 Å². The number of hydrogen-bond acceptors (Lipinski definition) is 6. The van der Waals surface area contributed by atoms with Gasteiger partial charge in [-0.15, -0.1) is 0 Å². The summed E-state index contributed by atoms with van der Waals surface area (Å²) in [5, 5.41) is 19.5. The minimum atomic E-state index is -0.174. The van der Waals surface area contributed by atoms with E-state index in [0.717, 1.165) is 0 Å². The number of amides is 1. The Bertz CT molecular complexity index is 978. The van der Waals surface area contributed by atoms with Crippen LogP contribution in [0.25, 0.3) is 12.2 Å². The van der Waals surface area contributed by atoms with Crippen LogP contribution >= 0.6 is 0 Å². The standard InChI is InChI=1S/C23H23NO6/c1-14(25)24-12-17(8-15-4-6-19(26)21(10-15)29-2)23(28)18(13-24)9-16-5-7-20(27)22(11-16)30-3/h4-11,26-27H,12-13H2,1-3H3/b17-8-,18-9+. The molecule has 0 aromatic heterocycles. The predicted octanol–water partition coefficient (Wildman–Crippen LogP) is 3.01. The van der Waals surface area contributed by atoms with E-state index in [2.05, 4.69) is 0 Å². The number of carbonyl (C=O) groups is 2. The third kappa shape index (κ3) is 4.46. The maximum atomic E-state index is 13.1. The number of benzene rings is 2. The van der Waals surface area contributed by atoms with Gasteiger partial charge in [0.1, 0.15) is 0 Å². The van der Waals surface area contributed by atoms with Crippen molar-refractivity contribution < 1.29 is 29.3 Å². The number of ether oxygens (including phenoxy) is 2. The van der Waals surface area contributed by atoms with Crippen molar-refractivity contribution in [2.75, 3.05) is 27.3 Å². The number of carbonyl (C=O) groups excluding carboxylic acids is 2. The Kier molecular flexibility index (Phi) is 6.11. The number of phenolic OH excluding ortho intramolecular Hbond substituents is 2. The molecule has 0 spiro atoms. The Hall–Kier alpha value is -3.74. The third-order valence-corrected chi connectivity index (χ3v) is 4.84. The Labute approximate surface area is 174 Å². The molecule has 7 heteroatoms. The highest BCUT2D eigenvalue weighted by atomic mass is 16.5. The van der Waals surface area contributed by atoms with E-state index in [1.807, 2.05) is 0 Å². The third-order valence-electron chi connectivity index (χ3n) is 4.84. The summed E-state index contributed by atoms with van der Waals surface area (Å²) >= 11 is 0. The molecule has 1 aliphatic heterocycles. The molecule has 7 nitrogen and oxygen atoms in total. The van der Waals surface area contributed by atoms with Gasteiger partial charge in [-0.3, -0.25) is 9.59 Å². The summed E-state index contributed by atoms with van der Waals surface area (Å²) in [6.45, 7) is 1.83. The second-order valence-electron chi connectivity index (χ2n) is 6.91. The van der Waals surface area contributed by atoms with Gasteiger partial charge in [-0.2, -0.15) is 0 Å². The molecular formula is C23H23NO6. The number of piperidine rings is 1. The quantitative estimate of drug-likeness (QED) is 0.754. The summed E-state index contributed by atoms with van der Waals surface area (Å²) in [7, 11) is 2.89. The van der Waals surface area contributed by atoms with Crippen molar-refractivity contribution in [3.05, 3.63) is 58.7 Å². The monoisotopic (exact) mass is 409 g/mol. The van der Waals surface area contributed by atoms with Crippen LogP contribution < -0.4 is 9.47 Å². The van der Waals surface area contributed by atoms with Gasteiger partial charge in [0.15, 0.2) is 28.8 Å². The molecule has 0 atom stereocenters. The molecule has 1 saturated heterocycles. The summed E-state index contributed by atoms with van der Waals surface area (Å²) in [6, 6.07) is 9.55. The number of methoxy groups -OCH3 is 2. The minimum Gasteiger partial charge on any atom is -0.504 e. The largest absolute Gasteiger partial charge is 0.504 e. The van der Waals surface area contributed by atoms with Crippen molar-refractivity contribution in [3.63, 3.8) is 0 Å². The van der Waals surface area contributed by atoms with E-state index in [9.17, 15) is 19.8 Å². The lowest BCUT2D eigenvalue weighted by atomic mass is 9.94. The van der Waals surface area contributed by atoms with Crippen LogP contribution in [0, 0.1) is 0 Å². The number of hydrogen-bond donors (Lipinski definition) is 2. The van der Waals surface area contributed by atoms with Gasteiger partial charge in [-0.25, -0.2) is 0 Å². The van der Waals surface area contributed by atoms with Crippen molar-refractivity contribution >= 4 is 23.8 Å². The topological polar surface area (TPSA) is 96.3 Å². The predicted molar refractivity (Wildman–Crippen MR) is 113 cm³/mol. The normalized spacial score (nSPS) is 16.8. The van der Waals surface area contributed by atoms with Crippen LogP contribution in [-0.4, -0.2) is 54.1 Å². The number of rotatable bonds is 4. The van der Waals surface area contributed by atoms with Gasteiger partial charge in [0.05, 0.1) is 14.2 Å². The van der Waals surface area contributed by atoms with E-state index in [-0.39, 0.29) is 36.3 Å². The van der Waals surface area contributed by atoms with Crippen molar-refractivity contribution in [2.24, 2.45) is 0 Å². The number of likely N-dealkylation sites (tertiary alicyclic amines) is 1. The van der Waals surface area contributed by atoms with E-state index >= 15 is 0 Å². The molecule has 0 aliphatic carbocycles. The minimum absolute atomic E-state index is 0.00171. The molecular weight excluding hydrogens is 386 g/mol. The van der Waals surface area contributed by atoms with E-state index in [4.69, 9.17) is 9.47 Å². The maximum Gasteiger partial charge on any atom is 0.220 e. The Balaban J connectivity index is 2.01. The smallest absolute Gasteiger partial charge is 0.220 e. The van der Waals surface area contributed by atoms with Crippen molar-refractivity contribution in [3.8, 4) is 23.0 Å². The van der Waals surface area contributed by atoms with E-state index < -0.39 is 0 Å². The van der Waals surface area contributed by atoms with Crippen LogP contribution in [-0.2, 0) is 9.59 Å². The van der Waals surface area contributed by atoms with Crippen LogP contribution in [0.15, 0.2) is 47.5 Å². The zero-order valence-electron chi connectivity index (χ0n) is 17.0. The number of aromatic hydroxyl groups is 2. The van der Waals surface area contributed by atoms with Gasteiger partial charge < -0.3 is 24.6 Å². The van der Waals surface area contributed by atoms with Gasteiger partial charge in [0, 0.05) is 31.2 Å². The first-order chi connectivity index (χ1) is 14.3. The zero-order valence-corrected chi connectivity index (χ0v) is 17.0. The number of phenols is 2. The summed E-state index contributed by atoms with van der Waals surface area (Å²) < 4.78 is 10.2. The number of nitrogens with zero attached hydrogens (tertiary/aromatic N) is 1. The summed E-state index contributed by atoms with van der Waals surface area (Å²) in [5.74, 6) is 0.270. The van der Waals surface area contributed by atoms with E-state index in [0.29, 0.717) is 33.8 Å². The Morgan fingerprint density at radius 3 is 1.70 bits per heavy atom. The SMILES string of the molecule is COc1cc(/C=C2/CN(C(C)=O)C/C(=C\c3ccc(O)c(OC)c3)C2=O)ccc1O. The number of Topliss-reactive ketones (excluding diaryl/α,β-unsaturated/α-hetero) is 1. The molecule has 0 saturated carbocycles. The van der Waals surface area contributed by atoms with E-state index in [1.165, 1.54) is 33.3 Å². The first kappa shape index (κ1) is 21.0. The van der Waals surface area contributed by atoms with Gasteiger partial charge in [0.25, 0.3) is 0 Å². The molecule has 0 unspecified atom stereocenters. The molecule has 2 aromatic rings. The molecule has 0 bridgehead atoms. The fraction of sp³-hybridized carbons (Fsp3) is 0.217. The van der Waals surface area contributed by atoms with Crippen LogP contribution in [0.5, 0.6) is 23.0 Å². The molecule has 1 aliphatic rings. The summed E-state index contributed by atoms with van der Waals surface area (Å²) in [4.78, 5) is 26.7. The van der Waals surface area contributed by atoms with Gasteiger partial charge >= 0.3 is 0 Å².